The van der Waals surface area contributed by atoms with Gasteiger partial charge in [0.25, 0.3) is 0 Å². The van der Waals surface area contributed by atoms with Gasteiger partial charge in [-0.25, -0.2) is 9.59 Å². The Hall–Kier alpha value is -3.62. The van der Waals surface area contributed by atoms with Crippen LogP contribution in [-0.2, 0) is 24.5 Å². The Morgan fingerprint density at radius 2 is 1.22 bits per heavy atom. The van der Waals surface area contributed by atoms with Crippen molar-refractivity contribution in [1.82, 2.24) is 0 Å². The molecule has 8 nitrogen and oxygen atoms in total. The lowest BCUT2D eigenvalue weighted by molar-refractivity contribution is -0.141. The van der Waals surface area contributed by atoms with Crippen molar-refractivity contribution < 1.29 is 38.7 Å². The molecule has 0 aromatic heterocycles. The quantitative estimate of drug-likeness (QED) is 0.284. The highest BCUT2D eigenvalue weighted by molar-refractivity contribution is 5.81. The Morgan fingerprint density at radius 1 is 0.778 bits per heavy atom. The lowest BCUT2D eigenvalue weighted by Crippen LogP contribution is -2.24. The first-order chi connectivity index (χ1) is 17.1. The minimum atomic E-state index is -0.943. The first-order valence-corrected chi connectivity index (χ1v) is 11.6. The highest BCUT2D eigenvalue weighted by Crippen LogP contribution is 2.33. The molecule has 0 fully saturated rings. The molecule has 8 heteroatoms. The fourth-order valence-corrected chi connectivity index (χ4v) is 3.21. The van der Waals surface area contributed by atoms with Crippen LogP contribution in [-0.4, -0.2) is 60.8 Å². The lowest BCUT2D eigenvalue weighted by Gasteiger charge is -2.26. The maximum absolute atomic E-state index is 11.1. The predicted octanol–water partition coefficient (Wildman–Crippen LogP) is 3.34. The van der Waals surface area contributed by atoms with Crippen molar-refractivity contribution in [3.63, 3.8) is 0 Å². The summed E-state index contributed by atoms with van der Waals surface area (Å²) in [5.74, 6) is 0.0931. The van der Waals surface area contributed by atoms with Crippen molar-refractivity contribution in [1.29, 1.82) is 0 Å². The number of hydrogen-bond acceptors (Lipinski definition) is 8. The van der Waals surface area contributed by atoms with Crippen molar-refractivity contribution in [3.05, 3.63) is 85.0 Å². The first kappa shape index (κ1) is 28.6. The van der Waals surface area contributed by atoms with Gasteiger partial charge in [-0.15, -0.1) is 0 Å². The van der Waals surface area contributed by atoms with Crippen LogP contribution in [0.5, 0.6) is 11.5 Å². The molecular formula is C28H34O8. The number of ether oxygens (including phenoxy) is 4. The number of aliphatic hydroxyl groups is 2. The summed E-state index contributed by atoms with van der Waals surface area (Å²) in [6, 6.07) is 15.2. The van der Waals surface area contributed by atoms with Gasteiger partial charge < -0.3 is 29.2 Å². The topological polar surface area (TPSA) is 112 Å². The van der Waals surface area contributed by atoms with Crippen LogP contribution in [0.25, 0.3) is 0 Å². The van der Waals surface area contributed by atoms with Crippen molar-refractivity contribution in [2.24, 2.45) is 0 Å². The highest BCUT2D eigenvalue weighted by Gasteiger charge is 2.23. The molecule has 36 heavy (non-hydrogen) atoms. The number of carbonyl (C=O) groups excluding carboxylic acids is 2. The number of rotatable bonds is 15. The number of benzene rings is 2. The van der Waals surface area contributed by atoms with Gasteiger partial charge in [0.15, 0.2) is 0 Å². The Labute approximate surface area is 211 Å². The van der Waals surface area contributed by atoms with Gasteiger partial charge in [-0.05, 0) is 35.4 Å². The molecule has 0 saturated carbocycles. The second-order valence-corrected chi connectivity index (χ2v) is 8.60. The van der Waals surface area contributed by atoms with Gasteiger partial charge in [-0.2, -0.15) is 0 Å². The molecule has 0 bridgehead atoms. The van der Waals surface area contributed by atoms with Crippen molar-refractivity contribution >= 4 is 11.9 Å². The van der Waals surface area contributed by atoms with E-state index < -0.39 is 24.1 Å². The summed E-state index contributed by atoms with van der Waals surface area (Å²) in [5.41, 5.74) is 1.83. The standard InChI is InChI=1S/C28H34O8/c1-5-26(31)33-16-15-22(29)17-34-24-11-7-20(8-12-24)28(3,4)21-9-13-25(14-10-21)35-18-23(30)19-36-27(32)6-2/h5-14,22-23,29-30H,1-2,15-19H2,3-4H3. The molecule has 0 spiro atoms. The second kappa shape index (κ2) is 14.1. The molecule has 2 aromatic rings. The third-order valence-corrected chi connectivity index (χ3v) is 5.48. The Morgan fingerprint density at radius 3 is 1.69 bits per heavy atom. The van der Waals surface area contributed by atoms with E-state index in [9.17, 15) is 19.8 Å². The largest absolute Gasteiger partial charge is 0.491 e. The van der Waals surface area contributed by atoms with Crippen molar-refractivity contribution in [2.75, 3.05) is 26.4 Å². The van der Waals surface area contributed by atoms with Crippen LogP contribution in [0.3, 0.4) is 0 Å². The highest BCUT2D eigenvalue weighted by atomic mass is 16.5. The van der Waals surface area contributed by atoms with Crippen molar-refractivity contribution in [3.8, 4) is 11.5 Å². The van der Waals surface area contributed by atoms with Crippen LogP contribution in [0.15, 0.2) is 73.8 Å². The van der Waals surface area contributed by atoms with Crippen LogP contribution < -0.4 is 9.47 Å². The van der Waals surface area contributed by atoms with E-state index >= 15 is 0 Å². The third kappa shape index (κ3) is 9.20. The molecule has 0 radical (unpaired) electrons. The van der Waals surface area contributed by atoms with Gasteiger partial charge in [0.1, 0.15) is 37.4 Å². The molecule has 0 aliphatic carbocycles. The van der Waals surface area contributed by atoms with Crippen LogP contribution in [0, 0.1) is 0 Å². The average Bonchev–Trinajstić information content (AvgIpc) is 2.89. The number of hydrogen-bond donors (Lipinski definition) is 2. The summed E-state index contributed by atoms with van der Waals surface area (Å²) in [5, 5.41) is 19.9. The maximum Gasteiger partial charge on any atom is 0.330 e. The zero-order valence-corrected chi connectivity index (χ0v) is 20.7. The first-order valence-electron chi connectivity index (χ1n) is 11.6. The predicted molar refractivity (Wildman–Crippen MR) is 135 cm³/mol. The van der Waals surface area contributed by atoms with E-state index in [1.165, 1.54) is 0 Å². The molecule has 0 aliphatic heterocycles. The zero-order chi connectivity index (χ0) is 26.6. The fraction of sp³-hybridized carbons (Fsp3) is 0.357. The van der Waals surface area contributed by atoms with Gasteiger partial charge in [-0.3, -0.25) is 0 Å². The van der Waals surface area contributed by atoms with Crippen LogP contribution in [0.2, 0.25) is 0 Å². The Balaban J connectivity index is 1.86. The number of esters is 2. The third-order valence-electron chi connectivity index (χ3n) is 5.48. The Bertz CT molecular complexity index is 995. The van der Waals surface area contributed by atoms with E-state index in [1.807, 2.05) is 48.5 Å². The van der Waals surface area contributed by atoms with Crippen molar-refractivity contribution in [2.45, 2.75) is 37.9 Å². The van der Waals surface area contributed by atoms with Crippen LogP contribution >= 0.6 is 0 Å². The van der Waals surface area contributed by atoms with Crippen LogP contribution in [0.4, 0.5) is 0 Å². The van der Waals surface area contributed by atoms with Crippen LogP contribution in [0.1, 0.15) is 31.4 Å². The summed E-state index contributed by atoms with van der Waals surface area (Å²) in [6.45, 7) is 10.8. The van der Waals surface area contributed by atoms with Gasteiger partial charge in [0, 0.05) is 24.0 Å². The molecule has 2 atom stereocenters. The smallest absolute Gasteiger partial charge is 0.330 e. The molecule has 2 aromatic carbocycles. The molecule has 2 rings (SSSR count). The molecule has 0 amide bonds. The molecule has 2 N–H and O–H groups in total. The SMILES string of the molecule is C=CC(=O)OCCC(O)COc1ccc(C(C)(C)c2ccc(OCC(O)COC(=O)C=C)cc2)cc1. The minimum Gasteiger partial charge on any atom is -0.491 e. The summed E-state index contributed by atoms with van der Waals surface area (Å²) in [7, 11) is 0. The normalized spacial score (nSPS) is 12.7. The molecule has 194 valence electrons. The van der Waals surface area contributed by atoms with Gasteiger partial charge in [0.2, 0.25) is 0 Å². The van der Waals surface area contributed by atoms with Gasteiger partial charge in [-0.1, -0.05) is 51.3 Å². The van der Waals surface area contributed by atoms with Gasteiger partial charge >= 0.3 is 11.9 Å². The van der Waals surface area contributed by atoms with E-state index in [0.717, 1.165) is 23.3 Å². The van der Waals surface area contributed by atoms with E-state index in [1.54, 1.807) is 0 Å². The molecule has 2 unspecified atom stereocenters. The average molecular weight is 499 g/mol. The zero-order valence-electron chi connectivity index (χ0n) is 20.7. The minimum absolute atomic E-state index is 0.0106. The van der Waals surface area contributed by atoms with E-state index in [-0.39, 0.29) is 38.3 Å². The molecule has 0 heterocycles. The van der Waals surface area contributed by atoms with E-state index in [0.29, 0.717) is 11.5 Å². The Kier molecular flexibility index (Phi) is 11.2. The summed E-state index contributed by atoms with van der Waals surface area (Å²) in [4.78, 5) is 22.1. The van der Waals surface area contributed by atoms with E-state index in [2.05, 4.69) is 27.0 Å². The summed E-state index contributed by atoms with van der Waals surface area (Å²) < 4.78 is 20.9. The summed E-state index contributed by atoms with van der Waals surface area (Å²) >= 11 is 0. The number of aliphatic hydroxyl groups excluding tert-OH is 2. The van der Waals surface area contributed by atoms with E-state index in [4.69, 9.17) is 18.9 Å². The monoisotopic (exact) mass is 498 g/mol. The maximum atomic E-state index is 11.1. The fourth-order valence-electron chi connectivity index (χ4n) is 3.21. The van der Waals surface area contributed by atoms with Gasteiger partial charge in [0.05, 0.1) is 12.7 Å². The lowest BCUT2D eigenvalue weighted by atomic mass is 9.78. The molecule has 0 aliphatic rings. The number of carbonyl (C=O) groups is 2. The second-order valence-electron chi connectivity index (χ2n) is 8.60. The summed E-state index contributed by atoms with van der Waals surface area (Å²) in [6.07, 6.45) is 0.679. The molecule has 0 saturated heterocycles. The molecular weight excluding hydrogens is 464 g/mol.